The van der Waals surface area contributed by atoms with E-state index in [0.717, 1.165) is 19.3 Å². The van der Waals surface area contributed by atoms with E-state index in [2.05, 4.69) is 18.8 Å². The number of nitrogens with one attached hydrogen (secondary N) is 1. The van der Waals surface area contributed by atoms with Crippen LogP contribution >= 0.6 is 0 Å². The molecule has 2 N–H and O–H groups in total. The van der Waals surface area contributed by atoms with E-state index in [4.69, 9.17) is 0 Å². The highest BCUT2D eigenvalue weighted by atomic mass is 16.4. The lowest BCUT2D eigenvalue weighted by molar-refractivity contribution is 0.0699. The zero-order chi connectivity index (χ0) is 15.1. The van der Waals surface area contributed by atoms with E-state index in [1.54, 1.807) is 10.6 Å². The Morgan fingerprint density at radius 1 is 1.29 bits per heavy atom. The van der Waals surface area contributed by atoms with Gasteiger partial charge < -0.3 is 10.1 Å². The molecule has 0 saturated heterocycles. The molecule has 1 aromatic carbocycles. The molecule has 1 fully saturated rings. The minimum absolute atomic E-state index is 0.153. The second-order valence-electron chi connectivity index (χ2n) is 6.23. The fraction of sp³-hybridized carbons (Fsp3) is 0.500. The first-order chi connectivity index (χ1) is 9.99. The van der Waals surface area contributed by atoms with Crippen molar-refractivity contribution in [3.63, 3.8) is 0 Å². The summed E-state index contributed by atoms with van der Waals surface area (Å²) < 4.78 is 1.75. The summed E-state index contributed by atoms with van der Waals surface area (Å²) >= 11 is 0. The molecule has 1 heterocycles. The van der Waals surface area contributed by atoms with Gasteiger partial charge in [0.05, 0.1) is 16.6 Å². The molecule has 0 aliphatic heterocycles. The van der Waals surface area contributed by atoms with Crippen molar-refractivity contribution in [3.8, 4) is 0 Å². The molecule has 5 nitrogen and oxygen atoms in total. The summed E-state index contributed by atoms with van der Waals surface area (Å²) in [4.78, 5) is 26.3. The number of imidazole rings is 1. The van der Waals surface area contributed by atoms with Crippen LogP contribution in [0.1, 0.15) is 49.5 Å². The number of aromatic carboxylic acids is 1. The molecule has 1 saturated carbocycles. The second-order valence-corrected chi connectivity index (χ2v) is 6.23. The Kier molecular flexibility index (Phi) is 3.35. The first-order valence-corrected chi connectivity index (χ1v) is 7.45. The first-order valence-electron chi connectivity index (χ1n) is 7.45. The van der Waals surface area contributed by atoms with Crippen molar-refractivity contribution in [2.24, 2.45) is 11.8 Å². The van der Waals surface area contributed by atoms with Crippen LogP contribution in [0.4, 0.5) is 0 Å². The Morgan fingerprint density at radius 3 is 2.71 bits per heavy atom. The average molecular weight is 288 g/mol. The van der Waals surface area contributed by atoms with Gasteiger partial charge in [0.25, 0.3) is 0 Å². The maximum atomic E-state index is 12.3. The average Bonchev–Trinajstić information content (AvgIpc) is 2.77. The van der Waals surface area contributed by atoms with Crippen molar-refractivity contribution in [2.45, 2.75) is 39.2 Å². The van der Waals surface area contributed by atoms with E-state index in [9.17, 15) is 14.7 Å². The van der Waals surface area contributed by atoms with Crippen LogP contribution in [-0.4, -0.2) is 20.6 Å². The van der Waals surface area contributed by atoms with Gasteiger partial charge in [0.1, 0.15) is 0 Å². The van der Waals surface area contributed by atoms with Crippen molar-refractivity contribution < 1.29 is 9.90 Å². The minimum Gasteiger partial charge on any atom is -0.478 e. The summed E-state index contributed by atoms with van der Waals surface area (Å²) in [6.07, 6.45) is 3.03. The third-order valence-electron chi connectivity index (χ3n) is 4.92. The van der Waals surface area contributed by atoms with Crippen LogP contribution < -0.4 is 5.69 Å². The fourth-order valence-corrected chi connectivity index (χ4v) is 3.44. The fourth-order valence-electron chi connectivity index (χ4n) is 3.44. The van der Waals surface area contributed by atoms with Gasteiger partial charge in [0.15, 0.2) is 0 Å². The monoisotopic (exact) mass is 288 g/mol. The molecule has 0 bridgehead atoms. The lowest BCUT2D eigenvalue weighted by Crippen LogP contribution is -2.29. The van der Waals surface area contributed by atoms with Crippen LogP contribution in [0, 0.1) is 11.8 Å². The molecule has 1 aliphatic rings. The van der Waals surface area contributed by atoms with E-state index >= 15 is 0 Å². The summed E-state index contributed by atoms with van der Waals surface area (Å²) in [6, 6.07) is 5.20. The molecule has 2 aromatic rings. The highest BCUT2D eigenvalue weighted by Gasteiger charge is 2.28. The van der Waals surface area contributed by atoms with Gasteiger partial charge in [0.2, 0.25) is 0 Å². The quantitative estimate of drug-likeness (QED) is 0.892. The number of aromatic nitrogens is 2. The van der Waals surface area contributed by atoms with E-state index in [0.29, 0.717) is 22.9 Å². The molecular formula is C16H20N2O3. The van der Waals surface area contributed by atoms with Crippen LogP contribution in [0.5, 0.6) is 0 Å². The molecule has 1 aliphatic carbocycles. The number of carbonyl (C=O) groups is 1. The Labute approximate surface area is 122 Å². The van der Waals surface area contributed by atoms with Crippen molar-refractivity contribution in [1.29, 1.82) is 0 Å². The SMILES string of the molecule is CC1CCC(n2c(=O)[nH]c3c(C(=O)O)cccc32)CC1C. The number of rotatable bonds is 2. The third kappa shape index (κ3) is 2.26. The summed E-state index contributed by atoms with van der Waals surface area (Å²) in [5.74, 6) is 0.236. The molecule has 0 amide bonds. The molecule has 3 rings (SSSR count). The van der Waals surface area contributed by atoms with E-state index < -0.39 is 5.97 Å². The molecule has 1 aromatic heterocycles. The van der Waals surface area contributed by atoms with Gasteiger partial charge in [-0.2, -0.15) is 0 Å². The van der Waals surface area contributed by atoms with Crippen molar-refractivity contribution in [2.75, 3.05) is 0 Å². The van der Waals surface area contributed by atoms with Crippen LogP contribution in [0.25, 0.3) is 11.0 Å². The third-order valence-corrected chi connectivity index (χ3v) is 4.92. The normalized spacial score (nSPS) is 26.1. The number of hydrogen-bond acceptors (Lipinski definition) is 2. The highest BCUT2D eigenvalue weighted by Crippen LogP contribution is 2.36. The molecule has 112 valence electrons. The van der Waals surface area contributed by atoms with Crippen LogP contribution in [0.2, 0.25) is 0 Å². The number of carboxylic acids is 1. The van der Waals surface area contributed by atoms with Gasteiger partial charge in [-0.25, -0.2) is 9.59 Å². The van der Waals surface area contributed by atoms with E-state index in [1.165, 1.54) is 6.07 Å². The zero-order valence-corrected chi connectivity index (χ0v) is 12.3. The summed E-state index contributed by atoms with van der Waals surface area (Å²) in [5.41, 5.74) is 1.08. The van der Waals surface area contributed by atoms with Crippen LogP contribution in [0.15, 0.2) is 23.0 Å². The van der Waals surface area contributed by atoms with Crippen molar-refractivity contribution in [3.05, 3.63) is 34.2 Å². The number of aromatic amines is 1. The minimum atomic E-state index is -1.01. The smallest absolute Gasteiger partial charge is 0.337 e. The Morgan fingerprint density at radius 2 is 2.05 bits per heavy atom. The van der Waals surface area contributed by atoms with Crippen molar-refractivity contribution >= 4 is 17.0 Å². The number of fused-ring (bicyclic) bond motifs is 1. The van der Waals surface area contributed by atoms with Crippen LogP contribution in [-0.2, 0) is 0 Å². The number of benzene rings is 1. The van der Waals surface area contributed by atoms with Crippen LogP contribution in [0.3, 0.4) is 0 Å². The maximum Gasteiger partial charge on any atom is 0.337 e. The highest BCUT2D eigenvalue weighted by molar-refractivity contribution is 6.00. The number of H-pyrrole nitrogens is 1. The lowest BCUT2D eigenvalue weighted by atomic mass is 9.79. The van der Waals surface area contributed by atoms with Gasteiger partial charge >= 0.3 is 11.7 Å². The first kappa shape index (κ1) is 13.9. The summed E-state index contributed by atoms with van der Waals surface area (Å²) in [6.45, 7) is 4.47. The number of hydrogen-bond donors (Lipinski definition) is 2. The summed E-state index contributed by atoms with van der Waals surface area (Å²) in [7, 11) is 0. The number of para-hydroxylation sites is 1. The van der Waals surface area contributed by atoms with Crippen molar-refractivity contribution in [1.82, 2.24) is 9.55 Å². The Bertz CT molecular complexity index is 744. The lowest BCUT2D eigenvalue weighted by Gasteiger charge is -2.32. The standard InChI is InChI=1S/C16H20N2O3/c1-9-6-7-11(8-10(9)2)18-13-5-3-4-12(15(19)20)14(13)17-16(18)21/h3-5,9-11H,6-8H2,1-2H3,(H,17,21)(H,19,20). The Hall–Kier alpha value is -2.04. The summed E-state index contributed by atoms with van der Waals surface area (Å²) in [5, 5.41) is 9.24. The van der Waals surface area contributed by atoms with Gasteiger partial charge in [0, 0.05) is 6.04 Å². The predicted octanol–water partition coefficient (Wildman–Crippen LogP) is 3.03. The second kappa shape index (κ2) is 5.06. The van der Waals surface area contributed by atoms with E-state index in [-0.39, 0.29) is 17.3 Å². The molecule has 3 atom stereocenters. The van der Waals surface area contributed by atoms with Gasteiger partial charge in [-0.3, -0.25) is 4.57 Å². The maximum absolute atomic E-state index is 12.3. The largest absolute Gasteiger partial charge is 0.478 e. The zero-order valence-electron chi connectivity index (χ0n) is 12.3. The Balaban J connectivity index is 2.11. The van der Waals surface area contributed by atoms with Gasteiger partial charge in [-0.05, 0) is 43.2 Å². The number of carboxylic acid groups (broad SMARTS) is 1. The molecule has 21 heavy (non-hydrogen) atoms. The molecule has 0 spiro atoms. The predicted molar refractivity (Wildman–Crippen MR) is 80.7 cm³/mol. The van der Waals surface area contributed by atoms with Gasteiger partial charge in [-0.15, -0.1) is 0 Å². The molecule has 0 radical (unpaired) electrons. The topological polar surface area (TPSA) is 75.1 Å². The number of nitrogens with zero attached hydrogens (tertiary/aromatic N) is 1. The molecular weight excluding hydrogens is 268 g/mol. The van der Waals surface area contributed by atoms with E-state index in [1.807, 2.05) is 6.07 Å². The molecule has 3 unspecified atom stereocenters. The van der Waals surface area contributed by atoms with Gasteiger partial charge in [-0.1, -0.05) is 19.9 Å². The molecule has 5 heteroatoms.